The van der Waals surface area contributed by atoms with Crippen LogP contribution in [0.3, 0.4) is 0 Å². The third-order valence-corrected chi connectivity index (χ3v) is 3.90. The zero-order chi connectivity index (χ0) is 17.2. The van der Waals surface area contributed by atoms with E-state index in [2.05, 4.69) is 20.6 Å². The average molecular weight is 350 g/mol. The molecule has 0 radical (unpaired) electrons. The predicted octanol–water partition coefficient (Wildman–Crippen LogP) is 3.70. The number of hydrogen-bond acceptors (Lipinski definition) is 4. The number of benzene rings is 2. The first-order chi connectivity index (χ1) is 12.2. The fourth-order valence-electron chi connectivity index (χ4n) is 2.47. The SMILES string of the molecule is O=C(Nc1cccc(-c2ccc3nncn3n2)c1)c1cccc(Cl)c1. The summed E-state index contributed by atoms with van der Waals surface area (Å²) in [6.45, 7) is 0. The normalized spacial score (nSPS) is 10.8. The Labute approximate surface area is 148 Å². The van der Waals surface area contributed by atoms with Gasteiger partial charge in [0.15, 0.2) is 5.65 Å². The molecule has 4 rings (SSSR count). The molecule has 25 heavy (non-hydrogen) atoms. The summed E-state index contributed by atoms with van der Waals surface area (Å²) in [5.74, 6) is -0.220. The molecule has 0 atom stereocenters. The Morgan fingerprint density at radius 3 is 2.80 bits per heavy atom. The number of carbonyl (C=O) groups excluding carboxylic acids is 1. The number of aromatic nitrogens is 4. The van der Waals surface area contributed by atoms with Crippen molar-refractivity contribution in [3.63, 3.8) is 0 Å². The molecule has 7 heteroatoms. The van der Waals surface area contributed by atoms with Crippen molar-refractivity contribution in [3.05, 3.63) is 77.6 Å². The minimum atomic E-state index is -0.220. The summed E-state index contributed by atoms with van der Waals surface area (Å²) in [6, 6.07) is 18.0. The third-order valence-electron chi connectivity index (χ3n) is 3.66. The van der Waals surface area contributed by atoms with Crippen molar-refractivity contribution in [2.24, 2.45) is 0 Å². The van der Waals surface area contributed by atoms with E-state index in [0.717, 1.165) is 11.3 Å². The fraction of sp³-hybridized carbons (Fsp3) is 0. The standard InChI is InChI=1S/C18H12ClN5O/c19-14-5-1-4-13(9-14)18(25)21-15-6-2-3-12(10-15)16-7-8-17-22-20-11-24(17)23-16/h1-11H,(H,21,25). The number of amides is 1. The number of nitrogens with zero attached hydrogens (tertiary/aromatic N) is 4. The molecule has 1 amide bonds. The summed E-state index contributed by atoms with van der Waals surface area (Å²) in [5.41, 5.74) is 3.48. The predicted molar refractivity (Wildman–Crippen MR) is 95.6 cm³/mol. The highest BCUT2D eigenvalue weighted by Crippen LogP contribution is 2.21. The fourth-order valence-corrected chi connectivity index (χ4v) is 2.66. The third kappa shape index (κ3) is 3.20. The summed E-state index contributed by atoms with van der Waals surface area (Å²) in [5, 5.41) is 15.6. The zero-order valence-corrected chi connectivity index (χ0v) is 13.7. The topological polar surface area (TPSA) is 72.2 Å². The van der Waals surface area contributed by atoms with Gasteiger partial charge in [0.2, 0.25) is 0 Å². The van der Waals surface area contributed by atoms with E-state index in [-0.39, 0.29) is 5.91 Å². The van der Waals surface area contributed by atoms with Gasteiger partial charge in [0.1, 0.15) is 6.33 Å². The maximum Gasteiger partial charge on any atom is 0.255 e. The molecule has 2 aromatic carbocycles. The van der Waals surface area contributed by atoms with Gasteiger partial charge in [-0.2, -0.15) is 9.61 Å². The molecular formula is C18H12ClN5O. The van der Waals surface area contributed by atoms with E-state index in [4.69, 9.17) is 11.6 Å². The first-order valence-corrected chi connectivity index (χ1v) is 7.91. The number of carbonyl (C=O) groups is 1. The Bertz CT molecular complexity index is 1080. The minimum absolute atomic E-state index is 0.220. The van der Waals surface area contributed by atoms with Gasteiger partial charge < -0.3 is 5.32 Å². The molecular weight excluding hydrogens is 338 g/mol. The van der Waals surface area contributed by atoms with E-state index in [0.29, 0.717) is 21.9 Å². The lowest BCUT2D eigenvalue weighted by Gasteiger charge is -2.08. The molecule has 4 aromatic rings. The average Bonchev–Trinajstić information content (AvgIpc) is 3.09. The first kappa shape index (κ1) is 15.3. The Kier molecular flexibility index (Phi) is 3.87. The number of anilines is 1. The molecule has 0 unspecified atom stereocenters. The molecule has 2 aromatic heterocycles. The number of rotatable bonds is 3. The molecule has 0 saturated heterocycles. The lowest BCUT2D eigenvalue weighted by Crippen LogP contribution is -2.11. The van der Waals surface area contributed by atoms with E-state index in [1.807, 2.05) is 36.4 Å². The van der Waals surface area contributed by atoms with Gasteiger partial charge >= 0.3 is 0 Å². The Balaban J connectivity index is 1.61. The van der Waals surface area contributed by atoms with Crippen molar-refractivity contribution < 1.29 is 4.79 Å². The maximum atomic E-state index is 12.3. The van der Waals surface area contributed by atoms with Gasteiger partial charge in [-0.1, -0.05) is 29.8 Å². The van der Waals surface area contributed by atoms with E-state index >= 15 is 0 Å². The Hall–Kier alpha value is -3.25. The van der Waals surface area contributed by atoms with E-state index in [1.54, 1.807) is 35.1 Å². The largest absolute Gasteiger partial charge is 0.322 e. The minimum Gasteiger partial charge on any atom is -0.322 e. The van der Waals surface area contributed by atoms with Crippen LogP contribution in [-0.2, 0) is 0 Å². The van der Waals surface area contributed by atoms with Gasteiger partial charge in [-0.05, 0) is 42.5 Å². The van der Waals surface area contributed by atoms with Gasteiger partial charge in [-0.3, -0.25) is 4.79 Å². The molecule has 2 heterocycles. The second kappa shape index (κ2) is 6.33. The van der Waals surface area contributed by atoms with Crippen LogP contribution in [-0.4, -0.2) is 25.7 Å². The van der Waals surface area contributed by atoms with Crippen LogP contribution in [0.15, 0.2) is 67.0 Å². The zero-order valence-electron chi connectivity index (χ0n) is 12.9. The number of hydrogen-bond donors (Lipinski definition) is 1. The monoisotopic (exact) mass is 349 g/mol. The summed E-state index contributed by atoms with van der Waals surface area (Å²) in [6.07, 6.45) is 1.55. The highest BCUT2D eigenvalue weighted by Gasteiger charge is 2.08. The van der Waals surface area contributed by atoms with E-state index in [9.17, 15) is 4.79 Å². The molecule has 0 bridgehead atoms. The number of halogens is 1. The highest BCUT2D eigenvalue weighted by atomic mass is 35.5. The van der Waals surface area contributed by atoms with Crippen molar-refractivity contribution in [1.29, 1.82) is 0 Å². The van der Waals surface area contributed by atoms with Crippen LogP contribution >= 0.6 is 11.6 Å². The van der Waals surface area contributed by atoms with Crippen LogP contribution in [0.4, 0.5) is 5.69 Å². The Morgan fingerprint density at radius 1 is 1.04 bits per heavy atom. The van der Waals surface area contributed by atoms with Crippen molar-refractivity contribution >= 4 is 28.8 Å². The quantitative estimate of drug-likeness (QED) is 0.612. The molecule has 0 aliphatic heterocycles. The highest BCUT2D eigenvalue weighted by molar-refractivity contribution is 6.31. The smallest absolute Gasteiger partial charge is 0.255 e. The van der Waals surface area contributed by atoms with Gasteiger partial charge in [0, 0.05) is 21.8 Å². The summed E-state index contributed by atoms with van der Waals surface area (Å²) in [7, 11) is 0. The maximum absolute atomic E-state index is 12.3. The van der Waals surface area contributed by atoms with Crippen molar-refractivity contribution in [2.75, 3.05) is 5.32 Å². The van der Waals surface area contributed by atoms with Gasteiger partial charge in [-0.15, -0.1) is 10.2 Å². The van der Waals surface area contributed by atoms with Gasteiger partial charge in [0.05, 0.1) is 5.69 Å². The summed E-state index contributed by atoms with van der Waals surface area (Å²) < 4.78 is 1.60. The summed E-state index contributed by atoms with van der Waals surface area (Å²) >= 11 is 5.93. The second-order valence-corrected chi connectivity index (χ2v) is 5.83. The van der Waals surface area contributed by atoms with Gasteiger partial charge in [-0.25, -0.2) is 0 Å². The van der Waals surface area contributed by atoms with Crippen LogP contribution in [0.25, 0.3) is 16.9 Å². The number of fused-ring (bicyclic) bond motifs is 1. The lowest BCUT2D eigenvalue weighted by molar-refractivity contribution is 0.102. The molecule has 0 spiro atoms. The van der Waals surface area contributed by atoms with Crippen molar-refractivity contribution in [2.45, 2.75) is 0 Å². The van der Waals surface area contributed by atoms with Crippen molar-refractivity contribution in [3.8, 4) is 11.3 Å². The van der Waals surface area contributed by atoms with Gasteiger partial charge in [0.25, 0.3) is 5.91 Å². The van der Waals surface area contributed by atoms with Crippen LogP contribution in [0.2, 0.25) is 5.02 Å². The molecule has 0 aliphatic carbocycles. The summed E-state index contributed by atoms with van der Waals surface area (Å²) in [4.78, 5) is 12.3. The molecule has 0 aliphatic rings. The molecule has 0 saturated carbocycles. The van der Waals surface area contributed by atoms with Crippen LogP contribution in [0, 0.1) is 0 Å². The molecule has 0 fully saturated rings. The molecule has 1 N–H and O–H groups in total. The lowest BCUT2D eigenvalue weighted by atomic mass is 10.1. The van der Waals surface area contributed by atoms with Crippen LogP contribution in [0.1, 0.15) is 10.4 Å². The van der Waals surface area contributed by atoms with E-state index in [1.165, 1.54) is 0 Å². The van der Waals surface area contributed by atoms with Crippen molar-refractivity contribution in [1.82, 2.24) is 19.8 Å². The Morgan fingerprint density at radius 2 is 1.92 bits per heavy atom. The van der Waals surface area contributed by atoms with E-state index < -0.39 is 0 Å². The first-order valence-electron chi connectivity index (χ1n) is 7.53. The molecule has 6 nitrogen and oxygen atoms in total. The number of nitrogens with one attached hydrogen (secondary N) is 1. The van der Waals surface area contributed by atoms with Crippen LogP contribution < -0.4 is 5.32 Å². The second-order valence-electron chi connectivity index (χ2n) is 5.40. The van der Waals surface area contributed by atoms with Crippen LogP contribution in [0.5, 0.6) is 0 Å². The molecule has 122 valence electrons.